The summed E-state index contributed by atoms with van der Waals surface area (Å²) in [6, 6.07) is 8.22. The van der Waals surface area contributed by atoms with Gasteiger partial charge in [0.2, 0.25) is 15.9 Å². The smallest absolute Gasteiger partial charge is 0.309 e. The molecule has 0 aromatic heterocycles. The molecule has 8 heteroatoms. The van der Waals surface area contributed by atoms with Crippen LogP contribution in [0.3, 0.4) is 0 Å². The van der Waals surface area contributed by atoms with Crippen molar-refractivity contribution in [2.75, 3.05) is 19.7 Å². The number of esters is 1. The van der Waals surface area contributed by atoms with Crippen LogP contribution in [0, 0.1) is 11.8 Å². The molecule has 1 fully saturated rings. The largest absolute Gasteiger partial charge is 0.466 e. The normalized spacial score (nSPS) is 16.9. The Morgan fingerprint density at radius 3 is 2.38 bits per heavy atom. The molecule has 0 aliphatic carbocycles. The third-order valence-electron chi connectivity index (χ3n) is 4.89. The van der Waals surface area contributed by atoms with Gasteiger partial charge in [0.05, 0.1) is 12.5 Å². The lowest BCUT2D eigenvalue weighted by atomic mass is 9.95. The van der Waals surface area contributed by atoms with Gasteiger partial charge in [0.15, 0.2) is 0 Å². The quantitative estimate of drug-likeness (QED) is 0.650. The first kappa shape index (κ1) is 23.1. The van der Waals surface area contributed by atoms with Crippen LogP contribution in [-0.2, 0) is 24.3 Å². The second kappa shape index (κ2) is 10.5. The van der Waals surface area contributed by atoms with Crippen LogP contribution in [0.1, 0.15) is 39.2 Å². The monoisotopic (exact) mass is 422 g/mol. The Hall–Kier alpha value is -2.19. The predicted molar refractivity (Wildman–Crippen MR) is 112 cm³/mol. The number of nitrogens with one attached hydrogen (secondary N) is 1. The Kier molecular flexibility index (Phi) is 8.40. The van der Waals surface area contributed by atoms with Gasteiger partial charge in [0.25, 0.3) is 0 Å². The number of nitrogens with zero attached hydrogens (tertiary/aromatic N) is 1. The van der Waals surface area contributed by atoms with Crippen molar-refractivity contribution < 1.29 is 22.7 Å². The number of carbonyl (C=O) groups excluding carboxylic acids is 2. The van der Waals surface area contributed by atoms with Crippen LogP contribution in [0.25, 0.3) is 6.08 Å². The maximum absolute atomic E-state index is 13.0. The van der Waals surface area contributed by atoms with Crippen molar-refractivity contribution in [3.63, 3.8) is 0 Å². The molecule has 0 spiro atoms. The highest BCUT2D eigenvalue weighted by molar-refractivity contribution is 7.92. The molecular formula is C21H30N2O5S. The van der Waals surface area contributed by atoms with Crippen LogP contribution in [0.4, 0.5) is 0 Å². The lowest BCUT2D eigenvalue weighted by Gasteiger charge is -2.34. The van der Waals surface area contributed by atoms with Gasteiger partial charge in [-0.2, -0.15) is 4.72 Å². The van der Waals surface area contributed by atoms with Gasteiger partial charge in [-0.25, -0.2) is 8.42 Å². The summed E-state index contributed by atoms with van der Waals surface area (Å²) in [5.74, 6) is -0.919. The minimum Gasteiger partial charge on any atom is -0.466 e. The second-order valence-corrected chi connectivity index (χ2v) is 9.05. The first-order valence-electron chi connectivity index (χ1n) is 9.94. The number of carbonyl (C=O) groups is 2. The fourth-order valence-electron chi connectivity index (χ4n) is 3.21. The van der Waals surface area contributed by atoms with Crippen molar-refractivity contribution in [1.29, 1.82) is 0 Å². The molecule has 1 saturated heterocycles. The molecule has 1 unspecified atom stereocenters. The van der Waals surface area contributed by atoms with Crippen molar-refractivity contribution in [2.45, 2.75) is 39.7 Å². The van der Waals surface area contributed by atoms with Crippen LogP contribution < -0.4 is 4.72 Å². The van der Waals surface area contributed by atoms with E-state index in [2.05, 4.69) is 4.72 Å². The average Bonchev–Trinajstić information content (AvgIpc) is 2.71. The number of sulfonamides is 1. The third-order valence-corrected chi connectivity index (χ3v) is 5.97. The first-order valence-corrected chi connectivity index (χ1v) is 11.5. The summed E-state index contributed by atoms with van der Waals surface area (Å²) in [6.45, 7) is 6.53. The molecule has 1 aliphatic heterocycles. The molecule has 1 heterocycles. The fraction of sp³-hybridized carbons (Fsp3) is 0.524. The number of hydrogen-bond acceptors (Lipinski definition) is 5. The van der Waals surface area contributed by atoms with Crippen LogP contribution in [0.2, 0.25) is 0 Å². The topological polar surface area (TPSA) is 92.8 Å². The molecule has 1 amide bonds. The molecule has 0 saturated carbocycles. The predicted octanol–water partition coefficient (Wildman–Crippen LogP) is 2.40. The standard InChI is InChI=1S/C21H30N2O5S/c1-4-28-21(25)18-10-13-23(14-11-18)20(24)19(16(2)3)22-29(26,27)15-12-17-8-6-5-7-9-17/h5-9,12,15-16,18-19,22H,4,10-11,13-14H2,1-3H3/b15-12+. The molecule has 2 rings (SSSR count). The maximum atomic E-state index is 13.0. The first-order chi connectivity index (χ1) is 13.7. The van der Waals surface area contributed by atoms with Crippen molar-refractivity contribution in [3.05, 3.63) is 41.3 Å². The number of ether oxygens (including phenoxy) is 1. The fourth-order valence-corrected chi connectivity index (χ4v) is 4.35. The highest BCUT2D eigenvalue weighted by Crippen LogP contribution is 2.20. The van der Waals surface area contributed by atoms with Gasteiger partial charge in [-0.1, -0.05) is 44.2 Å². The van der Waals surface area contributed by atoms with E-state index in [0.29, 0.717) is 32.5 Å². The summed E-state index contributed by atoms with van der Waals surface area (Å²) in [6.07, 6.45) is 2.54. The van der Waals surface area contributed by atoms with Gasteiger partial charge in [-0.05, 0) is 37.3 Å². The molecule has 1 atom stereocenters. The van der Waals surface area contributed by atoms with E-state index in [-0.39, 0.29) is 23.7 Å². The van der Waals surface area contributed by atoms with E-state index in [1.54, 1.807) is 37.8 Å². The van der Waals surface area contributed by atoms with Crippen molar-refractivity contribution in [2.24, 2.45) is 11.8 Å². The van der Waals surface area contributed by atoms with Gasteiger partial charge in [-0.15, -0.1) is 0 Å². The highest BCUT2D eigenvalue weighted by atomic mass is 32.2. The van der Waals surface area contributed by atoms with Crippen molar-refractivity contribution in [1.82, 2.24) is 9.62 Å². The molecule has 0 radical (unpaired) electrons. The third kappa shape index (κ3) is 6.97. The van der Waals surface area contributed by atoms with E-state index in [1.807, 2.05) is 18.2 Å². The molecule has 1 aliphatic rings. The SMILES string of the molecule is CCOC(=O)C1CCN(C(=O)C(NS(=O)(=O)/C=C/c2ccccc2)C(C)C)CC1. The highest BCUT2D eigenvalue weighted by Gasteiger charge is 2.34. The van der Waals surface area contributed by atoms with E-state index < -0.39 is 16.1 Å². The van der Waals surface area contributed by atoms with E-state index >= 15 is 0 Å². The summed E-state index contributed by atoms with van der Waals surface area (Å²) in [5.41, 5.74) is 0.756. The molecule has 1 aromatic carbocycles. The van der Waals surface area contributed by atoms with Crippen LogP contribution >= 0.6 is 0 Å². The van der Waals surface area contributed by atoms with E-state index in [4.69, 9.17) is 4.74 Å². The summed E-state index contributed by atoms with van der Waals surface area (Å²) >= 11 is 0. The zero-order valence-electron chi connectivity index (χ0n) is 17.2. The minimum absolute atomic E-state index is 0.206. The molecule has 1 N–H and O–H groups in total. The van der Waals surface area contributed by atoms with Crippen molar-refractivity contribution in [3.8, 4) is 0 Å². The lowest BCUT2D eigenvalue weighted by Crippen LogP contribution is -2.53. The summed E-state index contributed by atoms with van der Waals surface area (Å²) in [4.78, 5) is 26.4. The Balaban J connectivity index is 2.01. The van der Waals surface area contributed by atoms with Crippen molar-refractivity contribution >= 4 is 28.0 Å². The van der Waals surface area contributed by atoms with Gasteiger partial charge in [0, 0.05) is 18.5 Å². The molecule has 160 valence electrons. The van der Waals surface area contributed by atoms with Gasteiger partial charge in [-0.3, -0.25) is 9.59 Å². The zero-order valence-corrected chi connectivity index (χ0v) is 18.0. The summed E-state index contributed by atoms with van der Waals surface area (Å²) in [5, 5.41) is 1.08. The van der Waals surface area contributed by atoms with Gasteiger partial charge >= 0.3 is 5.97 Å². The minimum atomic E-state index is -3.79. The van der Waals surface area contributed by atoms with Crippen LogP contribution in [-0.4, -0.2) is 50.9 Å². The lowest BCUT2D eigenvalue weighted by molar-refractivity contribution is -0.151. The molecule has 7 nitrogen and oxygen atoms in total. The number of hydrogen-bond donors (Lipinski definition) is 1. The van der Waals surface area contributed by atoms with Crippen LogP contribution in [0.5, 0.6) is 0 Å². The van der Waals surface area contributed by atoms with E-state index in [1.165, 1.54) is 6.08 Å². The summed E-state index contributed by atoms with van der Waals surface area (Å²) < 4.78 is 32.5. The number of likely N-dealkylation sites (tertiary alicyclic amines) is 1. The van der Waals surface area contributed by atoms with Gasteiger partial charge in [0.1, 0.15) is 6.04 Å². The number of piperidine rings is 1. The Labute approximate surface area is 173 Å². The molecule has 1 aromatic rings. The molecular weight excluding hydrogens is 392 g/mol. The second-order valence-electron chi connectivity index (χ2n) is 7.45. The molecule has 0 bridgehead atoms. The van der Waals surface area contributed by atoms with E-state index in [9.17, 15) is 18.0 Å². The number of rotatable bonds is 8. The van der Waals surface area contributed by atoms with Gasteiger partial charge < -0.3 is 9.64 Å². The maximum Gasteiger partial charge on any atom is 0.309 e. The Bertz CT molecular complexity index is 813. The Morgan fingerprint density at radius 1 is 1.21 bits per heavy atom. The average molecular weight is 423 g/mol. The summed E-state index contributed by atoms with van der Waals surface area (Å²) in [7, 11) is -3.79. The zero-order chi connectivity index (χ0) is 21.4. The van der Waals surface area contributed by atoms with Crippen LogP contribution in [0.15, 0.2) is 35.7 Å². The Morgan fingerprint density at radius 2 is 1.83 bits per heavy atom. The number of amides is 1. The van der Waals surface area contributed by atoms with E-state index in [0.717, 1.165) is 11.0 Å². The molecule has 29 heavy (non-hydrogen) atoms. The number of benzene rings is 1.